The fourth-order valence-corrected chi connectivity index (χ4v) is 1.72. The Hall–Kier alpha value is -0.740. The van der Waals surface area contributed by atoms with E-state index in [1.165, 1.54) is 0 Å². The molecule has 1 N–H and O–H groups in total. The van der Waals surface area contributed by atoms with E-state index in [0.717, 1.165) is 5.03 Å². The van der Waals surface area contributed by atoms with Gasteiger partial charge in [0.15, 0.2) is 0 Å². The molecular formula is C10H15NO2S. The zero-order valence-corrected chi connectivity index (χ0v) is 9.25. The molecule has 0 saturated carbocycles. The Morgan fingerprint density at radius 2 is 2.36 bits per heavy atom. The molecule has 0 aliphatic heterocycles. The zero-order chi connectivity index (χ0) is 10.4. The van der Waals surface area contributed by atoms with Gasteiger partial charge in [-0.15, -0.1) is 11.8 Å². The van der Waals surface area contributed by atoms with Crippen LogP contribution in [0.25, 0.3) is 0 Å². The Kier molecular flexibility index (Phi) is 4.76. The predicted molar refractivity (Wildman–Crippen MR) is 57.8 cm³/mol. The fraction of sp³-hybridized carbons (Fsp3) is 0.500. The molecule has 0 aliphatic carbocycles. The molecule has 1 rings (SSSR count). The number of hydrogen-bond acceptors (Lipinski definition) is 4. The van der Waals surface area contributed by atoms with Gasteiger partial charge in [-0.05, 0) is 13.0 Å². The van der Waals surface area contributed by atoms with Crippen LogP contribution in [0.15, 0.2) is 23.2 Å². The summed E-state index contributed by atoms with van der Waals surface area (Å²) in [5.41, 5.74) is 0. The number of aromatic nitrogens is 1. The first-order chi connectivity index (χ1) is 6.76. The minimum absolute atomic E-state index is 0.158. The lowest BCUT2D eigenvalue weighted by molar-refractivity contribution is 0.299. The lowest BCUT2D eigenvalue weighted by Gasteiger charge is -2.07. The molecule has 0 aliphatic rings. The van der Waals surface area contributed by atoms with Crippen molar-refractivity contribution in [3.05, 3.63) is 18.2 Å². The first-order valence-corrected chi connectivity index (χ1v) is 5.51. The van der Waals surface area contributed by atoms with E-state index in [1.54, 1.807) is 11.8 Å². The van der Waals surface area contributed by atoms with Gasteiger partial charge in [-0.25, -0.2) is 4.98 Å². The Morgan fingerprint density at radius 3 is 3.00 bits per heavy atom. The molecule has 0 radical (unpaired) electrons. The molecule has 78 valence electrons. The molecule has 1 aromatic heterocycles. The van der Waals surface area contributed by atoms with Crippen LogP contribution in [0.2, 0.25) is 0 Å². The molecule has 0 saturated heterocycles. The van der Waals surface area contributed by atoms with Crippen molar-refractivity contribution in [2.75, 3.05) is 13.2 Å². The molecule has 3 nitrogen and oxygen atoms in total. The minimum atomic E-state index is 0.158. The van der Waals surface area contributed by atoms with Gasteiger partial charge in [0.1, 0.15) is 5.03 Å². The smallest absolute Gasteiger partial charge is 0.214 e. The third-order valence-electron chi connectivity index (χ3n) is 1.57. The maximum atomic E-state index is 8.89. The van der Waals surface area contributed by atoms with Crippen molar-refractivity contribution in [2.45, 2.75) is 24.1 Å². The summed E-state index contributed by atoms with van der Waals surface area (Å²) in [5.74, 6) is 0.641. The van der Waals surface area contributed by atoms with Crippen molar-refractivity contribution in [1.29, 1.82) is 0 Å². The molecule has 14 heavy (non-hydrogen) atoms. The second-order valence-corrected chi connectivity index (χ2v) is 4.32. The van der Waals surface area contributed by atoms with Crippen LogP contribution >= 0.6 is 11.8 Å². The van der Waals surface area contributed by atoms with Crippen molar-refractivity contribution in [1.82, 2.24) is 4.98 Å². The number of rotatable bonds is 5. The largest absolute Gasteiger partial charge is 0.478 e. The second kappa shape index (κ2) is 5.88. The van der Waals surface area contributed by atoms with Gasteiger partial charge in [-0.1, -0.05) is 13.0 Å². The van der Waals surface area contributed by atoms with E-state index in [0.29, 0.717) is 12.5 Å². The first-order valence-electron chi connectivity index (χ1n) is 4.63. The topological polar surface area (TPSA) is 42.4 Å². The number of thioether (sulfide) groups is 1. The van der Waals surface area contributed by atoms with E-state index >= 15 is 0 Å². The number of aliphatic hydroxyl groups is 1. The lowest BCUT2D eigenvalue weighted by Crippen LogP contribution is -2.02. The highest BCUT2D eigenvalue weighted by molar-refractivity contribution is 7.99. The molecule has 1 atom stereocenters. The molecule has 0 spiro atoms. The summed E-state index contributed by atoms with van der Waals surface area (Å²) in [6.45, 7) is 4.67. The Balaban J connectivity index is 2.63. The van der Waals surface area contributed by atoms with Gasteiger partial charge < -0.3 is 9.84 Å². The zero-order valence-electron chi connectivity index (χ0n) is 8.43. The second-order valence-electron chi connectivity index (χ2n) is 2.86. The Labute approximate surface area is 88.5 Å². The quantitative estimate of drug-likeness (QED) is 0.759. The van der Waals surface area contributed by atoms with Crippen LogP contribution in [0.3, 0.4) is 0 Å². The van der Waals surface area contributed by atoms with E-state index in [-0.39, 0.29) is 11.9 Å². The minimum Gasteiger partial charge on any atom is -0.478 e. The Morgan fingerprint density at radius 1 is 1.57 bits per heavy atom. The van der Waals surface area contributed by atoms with E-state index in [2.05, 4.69) is 4.98 Å². The third-order valence-corrected chi connectivity index (χ3v) is 2.59. The third kappa shape index (κ3) is 3.55. The van der Waals surface area contributed by atoms with Gasteiger partial charge in [0.25, 0.3) is 0 Å². The van der Waals surface area contributed by atoms with E-state index in [1.807, 2.05) is 32.0 Å². The maximum Gasteiger partial charge on any atom is 0.214 e. The summed E-state index contributed by atoms with van der Waals surface area (Å²) in [6, 6.07) is 5.65. The van der Waals surface area contributed by atoms with E-state index in [4.69, 9.17) is 9.84 Å². The number of hydrogen-bond donors (Lipinski definition) is 1. The van der Waals surface area contributed by atoms with Crippen molar-refractivity contribution >= 4 is 11.8 Å². The summed E-state index contributed by atoms with van der Waals surface area (Å²) in [6.07, 6.45) is 0. The summed E-state index contributed by atoms with van der Waals surface area (Å²) in [7, 11) is 0. The van der Waals surface area contributed by atoms with Gasteiger partial charge in [0.2, 0.25) is 5.88 Å². The van der Waals surface area contributed by atoms with Crippen LogP contribution in [0.1, 0.15) is 13.8 Å². The molecule has 1 heterocycles. The van der Waals surface area contributed by atoms with Gasteiger partial charge in [-0.2, -0.15) is 0 Å². The average molecular weight is 213 g/mol. The normalized spacial score (nSPS) is 12.5. The number of pyridine rings is 1. The lowest BCUT2D eigenvalue weighted by atomic mass is 10.5. The van der Waals surface area contributed by atoms with Crippen molar-refractivity contribution < 1.29 is 9.84 Å². The summed E-state index contributed by atoms with van der Waals surface area (Å²) in [5, 5.41) is 9.94. The number of nitrogens with zero attached hydrogens (tertiary/aromatic N) is 1. The summed E-state index contributed by atoms with van der Waals surface area (Å²) < 4.78 is 5.27. The van der Waals surface area contributed by atoms with E-state index in [9.17, 15) is 0 Å². The fourth-order valence-electron chi connectivity index (χ4n) is 0.933. The van der Waals surface area contributed by atoms with Crippen molar-refractivity contribution in [2.24, 2.45) is 0 Å². The molecule has 0 aromatic carbocycles. The number of ether oxygens (including phenoxy) is 1. The van der Waals surface area contributed by atoms with Gasteiger partial charge in [0, 0.05) is 11.3 Å². The SMILES string of the molecule is CCOc1cccc(SC(C)CO)n1. The standard InChI is InChI=1S/C10H15NO2S/c1-3-13-9-5-4-6-10(11-9)14-8(2)7-12/h4-6,8,12H,3,7H2,1-2H3. The average Bonchev–Trinajstić information content (AvgIpc) is 2.19. The van der Waals surface area contributed by atoms with Crippen LogP contribution in [0, 0.1) is 0 Å². The first kappa shape index (κ1) is 11.3. The predicted octanol–water partition coefficient (Wildman–Crippen LogP) is 1.95. The monoisotopic (exact) mass is 213 g/mol. The van der Waals surface area contributed by atoms with Crippen LogP contribution in [0.4, 0.5) is 0 Å². The molecule has 0 amide bonds. The molecule has 1 unspecified atom stereocenters. The molecule has 4 heteroatoms. The maximum absolute atomic E-state index is 8.89. The highest BCUT2D eigenvalue weighted by Gasteiger charge is 2.04. The van der Waals surface area contributed by atoms with Crippen LogP contribution in [-0.4, -0.2) is 28.6 Å². The van der Waals surface area contributed by atoms with Crippen molar-refractivity contribution in [3.8, 4) is 5.88 Å². The number of aliphatic hydroxyl groups excluding tert-OH is 1. The summed E-state index contributed by atoms with van der Waals surface area (Å²) >= 11 is 1.54. The van der Waals surface area contributed by atoms with Gasteiger partial charge in [-0.3, -0.25) is 0 Å². The molecular weight excluding hydrogens is 198 g/mol. The highest BCUT2D eigenvalue weighted by Crippen LogP contribution is 2.22. The molecule has 0 bridgehead atoms. The summed E-state index contributed by atoms with van der Waals surface area (Å²) in [4.78, 5) is 4.28. The van der Waals surface area contributed by atoms with Crippen LogP contribution in [-0.2, 0) is 0 Å². The molecule has 0 fully saturated rings. The highest BCUT2D eigenvalue weighted by atomic mass is 32.2. The van der Waals surface area contributed by atoms with Gasteiger partial charge >= 0.3 is 0 Å². The van der Waals surface area contributed by atoms with E-state index < -0.39 is 0 Å². The molecule has 1 aromatic rings. The van der Waals surface area contributed by atoms with Gasteiger partial charge in [0.05, 0.1) is 13.2 Å². The Bertz CT molecular complexity index is 281. The van der Waals surface area contributed by atoms with Crippen molar-refractivity contribution in [3.63, 3.8) is 0 Å². The van der Waals surface area contributed by atoms with Crippen LogP contribution < -0.4 is 4.74 Å². The van der Waals surface area contributed by atoms with Crippen LogP contribution in [0.5, 0.6) is 5.88 Å².